The number of hydrogen-bond donors (Lipinski definition) is 0. The molecular formula is C17H33. The van der Waals surface area contributed by atoms with E-state index in [0.717, 1.165) is 6.42 Å². The highest BCUT2D eigenvalue weighted by Crippen LogP contribution is 2.17. The second kappa shape index (κ2) is 13.8. The standard InChI is InChI=1S/C17H33/c1-4-7-9-11-13-15-17(6-3)16-14-12-10-8-5-2/h6H,1,4-5,7-16H2,2-3H3/b17-6-. The van der Waals surface area contributed by atoms with Crippen LogP contribution in [0.25, 0.3) is 0 Å². The lowest BCUT2D eigenvalue weighted by Crippen LogP contribution is -1.87. The molecule has 1 radical (unpaired) electrons. The van der Waals surface area contributed by atoms with Crippen LogP contribution < -0.4 is 0 Å². The van der Waals surface area contributed by atoms with E-state index in [1.54, 1.807) is 5.57 Å². The molecule has 0 bridgehead atoms. The Balaban J connectivity index is 3.37. The molecule has 0 spiro atoms. The van der Waals surface area contributed by atoms with E-state index in [-0.39, 0.29) is 0 Å². The fourth-order valence-electron chi connectivity index (χ4n) is 2.25. The second-order valence-corrected chi connectivity index (χ2v) is 5.13. The van der Waals surface area contributed by atoms with Crippen LogP contribution in [0.4, 0.5) is 0 Å². The molecule has 17 heavy (non-hydrogen) atoms. The van der Waals surface area contributed by atoms with Gasteiger partial charge in [-0.2, -0.15) is 0 Å². The normalized spacial score (nSPS) is 12.1. The van der Waals surface area contributed by atoms with Gasteiger partial charge in [0.05, 0.1) is 0 Å². The summed E-state index contributed by atoms with van der Waals surface area (Å²) in [7, 11) is 0. The molecule has 0 aliphatic heterocycles. The van der Waals surface area contributed by atoms with Crippen LogP contribution in [-0.4, -0.2) is 0 Å². The zero-order valence-corrected chi connectivity index (χ0v) is 12.3. The molecule has 0 aliphatic carbocycles. The van der Waals surface area contributed by atoms with Crippen molar-refractivity contribution in [2.45, 2.75) is 90.9 Å². The Hall–Kier alpha value is -0.260. The predicted molar refractivity (Wildman–Crippen MR) is 80.2 cm³/mol. The highest BCUT2D eigenvalue weighted by atomic mass is 14.0. The van der Waals surface area contributed by atoms with Crippen molar-refractivity contribution in [3.8, 4) is 0 Å². The van der Waals surface area contributed by atoms with Crippen molar-refractivity contribution in [1.29, 1.82) is 0 Å². The van der Waals surface area contributed by atoms with Crippen molar-refractivity contribution in [2.24, 2.45) is 0 Å². The van der Waals surface area contributed by atoms with Crippen LogP contribution in [0, 0.1) is 6.92 Å². The molecule has 0 aromatic carbocycles. The summed E-state index contributed by atoms with van der Waals surface area (Å²) in [4.78, 5) is 0. The minimum atomic E-state index is 1.11. The van der Waals surface area contributed by atoms with E-state index in [9.17, 15) is 0 Å². The summed E-state index contributed by atoms with van der Waals surface area (Å²) in [5, 5.41) is 0. The van der Waals surface area contributed by atoms with Gasteiger partial charge in [-0.1, -0.05) is 76.9 Å². The maximum Gasteiger partial charge on any atom is -0.0320 e. The predicted octanol–water partition coefficient (Wildman–Crippen LogP) is 6.47. The van der Waals surface area contributed by atoms with E-state index in [1.165, 1.54) is 70.6 Å². The third-order valence-electron chi connectivity index (χ3n) is 3.51. The molecule has 0 atom stereocenters. The minimum absolute atomic E-state index is 1.11. The van der Waals surface area contributed by atoms with Gasteiger partial charge in [-0.25, -0.2) is 0 Å². The zero-order valence-electron chi connectivity index (χ0n) is 12.3. The monoisotopic (exact) mass is 237 g/mol. The summed E-state index contributed by atoms with van der Waals surface area (Å²) in [6, 6.07) is 0. The first-order valence-corrected chi connectivity index (χ1v) is 7.78. The Morgan fingerprint density at radius 1 is 0.824 bits per heavy atom. The highest BCUT2D eigenvalue weighted by Gasteiger charge is 1.97. The van der Waals surface area contributed by atoms with E-state index in [2.05, 4.69) is 26.8 Å². The van der Waals surface area contributed by atoms with E-state index >= 15 is 0 Å². The number of unbranched alkanes of at least 4 members (excludes halogenated alkanes) is 8. The lowest BCUT2D eigenvalue weighted by molar-refractivity contribution is 0.604. The van der Waals surface area contributed by atoms with Crippen molar-refractivity contribution >= 4 is 0 Å². The number of allylic oxidation sites excluding steroid dienone is 2. The summed E-state index contributed by atoms with van der Waals surface area (Å²) in [5.74, 6) is 0. The van der Waals surface area contributed by atoms with E-state index in [0.29, 0.717) is 0 Å². The molecule has 0 nitrogen and oxygen atoms in total. The summed E-state index contributed by atoms with van der Waals surface area (Å²) in [6.07, 6.45) is 18.6. The largest absolute Gasteiger partial charge is 0.0885 e. The Bertz CT molecular complexity index is 151. The Morgan fingerprint density at radius 3 is 1.82 bits per heavy atom. The van der Waals surface area contributed by atoms with E-state index in [1.807, 2.05) is 0 Å². The summed E-state index contributed by atoms with van der Waals surface area (Å²) in [5.41, 5.74) is 1.69. The lowest BCUT2D eigenvalue weighted by Gasteiger charge is -2.07. The lowest BCUT2D eigenvalue weighted by atomic mass is 10.00. The maximum absolute atomic E-state index is 3.89. The third kappa shape index (κ3) is 12.0. The van der Waals surface area contributed by atoms with Crippen molar-refractivity contribution in [1.82, 2.24) is 0 Å². The molecule has 0 N–H and O–H groups in total. The Kier molecular flexibility index (Phi) is 13.6. The molecule has 0 rings (SSSR count). The quantitative estimate of drug-likeness (QED) is 0.269. The smallest absolute Gasteiger partial charge is 0.0320 e. The first kappa shape index (κ1) is 16.7. The fraction of sp³-hybridized carbons (Fsp3) is 0.824. The topological polar surface area (TPSA) is 0 Å². The minimum Gasteiger partial charge on any atom is -0.0885 e. The first-order valence-electron chi connectivity index (χ1n) is 7.78. The molecule has 0 amide bonds. The second-order valence-electron chi connectivity index (χ2n) is 5.13. The van der Waals surface area contributed by atoms with Crippen LogP contribution in [0.5, 0.6) is 0 Å². The molecule has 0 unspecified atom stereocenters. The third-order valence-corrected chi connectivity index (χ3v) is 3.51. The van der Waals surface area contributed by atoms with Crippen molar-refractivity contribution in [3.05, 3.63) is 18.6 Å². The summed E-state index contributed by atoms with van der Waals surface area (Å²) >= 11 is 0. The van der Waals surface area contributed by atoms with Crippen LogP contribution in [0.15, 0.2) is 11.6 Å². The zero-order chi connectivity index (χ0) is 12.8. The van der Waals surface area contributed by atoms with Gasteiger partial charge in [0.15, 0.2) is 0 Å². The highest BCUT2D eigenvalue weighted by molar-refractivity contribution is 4.99. The molecule has 101 valence electrons. The van der Waals surface area contributed by atoms with Gasteiger partial charge in [0.25, 0.3) is 0 Å². The SMILES string of the molecule is [CH2]CCCCCC/C(=C/C)CCCCCCC. The molecule has 0 saturated carbocycles. The van der Waals surface area contributed by atoms with Gasteiger partial charge in [0, 0.05) is 0 Å². The number of hydrogen-bond acceptors (Lipinski definition) is 0. The van der Waals surface area contributed by atoms with E-state index < -0.39 is 0 Å². The molecule has 0 aromatic rings. The molecular weight excluding hydrogens is 204 g/mol. The van der Waals surface area contributed by atoms with Gasteiger partial charge >= 0.3 is 0 Å². The van der Waals surface area contributed by atoms with Crippen LogP contribution in [0.3, 0.4) is 0 Å². The molecule has 0 aromatic heterocycles. The van der Waals surface area contributed by atoms with Crippen LogP contribution in [0.1, 0.15) is 90.9 Å². The van der Waals surface area contributed by atoms with Gasteiger partial charge in [-0.3, -0.25) is 0 Å². The average molecular weight is 237 g/mol. The van der Waals surface area contributed by atoms with Crippen LogP contribution in [-0.2, 0) is 0 Å². The van der Waals surface area contributed by atoms with E-state index in [4.69, 9.17) is 0 Å². The van der Waals surface area contributed by atoms with Crippen molar-refractivity contribution < 1.29 is 0 Å². The molecule has 0 fully saturated rings. The maximum atomic E-state index is 3.89. The summed E-state index contributed by atoms with van der Waals surface area (Å²) < 4.78 is 0. The van der Waals surface area contributed by atoms with Gasteiger partial charge in [0.1, 0.15) is 0 Å². The first-order chi connectivity index (χ1) is 8.35. The van der Waals surface area contributed by atoms with Gasteiger partial charge < -0.3 is 0 Å². The summed E-state index contributed by atoms with van der Waals surface area (Å²) in [6.45, 7) is 8.37. The molecule has 0 saturated heterocycles. The van der Waals surface area contributed by atoms with Gasteiger partial charge in [0.2, 0.25) is 0 Å². The van der Waals surface area contributed by atoms with Crippen molar-refractivity contribution in [3.63, 3.8) is 0 Å². The van der Waals surface area contributed by atoms with Crippen LogP contribution >= 0.6 is 0 Å². The molecule has 0 aliphatic rings. The average Bonchev–Trinajstić information content (AvgIpc) is 2.36. The Morgan fingerprint density at radius 2 is 1.35 bits per heavy atom. The Labute approximate surface area is 110 Å². The van der Waals surface area contributed by atoms with Gasteiger partial charge in [-0.05, 0) is 32.6 Å². The van der Waals surface area contributed by atoms with Crippen molar-refractivity contribution in [2.75, 3.05) is 0 Å². The molecule has 0 heterocycles. The number of rotatable bonds is 12. The van der Waals surface area contributed by atoms with Gasteiger partial charge in [-0.15, -0.1) is 0 Å². The van der Waals surface area contributed by atoms with Crippen LogP contribution in [0.2, 0.25) is 0 Å². The fourth-order valence-corrected chi connectivity index (χ4v) is 2.25. The molecule has 0 heteroatoms.